The molecule has 4 nitrogen and oxygen atoms in total. The van der Waals surface area contributed by atoms with Gasteiger partial charge in [0.05, 0.1) is 21.8 Å². The largest absolute Gasteiger partial charge is 0.466 e. The average Bonchev–Trinajstić information content (AvgIpc) is 2.64. The molecule has 0 unspecified atom stereocenters. The first-order chi connectivity index (χ1) is 14.6. The molecule has 1 heterocycles. The van der Waals surface area contributed by atoms with Crippen molar-refractivity contribution in [3.63, 3.8) is 0 Å². The van der Waals surface area contributed by atoms with E-state index in [1.165, 1.54) is 6.92 Å². The summed E-state index contributed by atoms with van der Waals surface area (Å²) in [4.78, 5) is 6.71. The van der Waals surface area contributed by atoms with Gasteiger partial charge in [0.25, 0.3) is 0 Å². The van der Waals surface area contributed by atoms with Gasteiger partial charge >= 0.3 is 18.5 Å². The summed E-state index contributed by atoms with van der Waals surface area (Å²) in [5.41, 5.74) is -7.18. The number of hydrogen-bond donors (Lipinski definition) is 0. The van der Waals surface area contributed by atoms with Crippen LogP contribution in [0.1, 0.15) is 23.7 Å². The van der Waals surface area contributed by atoms with Gasteiger partial charge in [-0.25, -0.2) is 9.98 Å². The molecule has 0 aliphatic rings. The summed E-state index contributed by atoms with van der Waals surface area (Å²) >= 11 is 5.62. The Kier molecular flexibility index (Phi) is 7.08. The van der Waals surface area contributed by atoms with Gasteiger partial charge in [-0.05, 0) is 19.1 Å². The molecule has 2 rings (SSSR count). The van der Waals surface area contributed by atoms with Crippen LogP contribution in [0.2, 0.25) is 5.02 Å². The van der Waals surface area contributed by atoms with Crippen LogP contribution in [0, 0.1) is 12.3 Å². The lowest BCUT2D eigenvalue weighted by atomic mass is 10.1. The van der Waals surface area contributed by atoms with Crippen LogP contribution in [0.25, 0.3) is 0 Å². The van der Waals surface area contributed by atoms with E-state index in [9.17, 15) is 39.5 Å². The standard InChI is InChI=1S/C18H11ClF9N3O/c1-3-5-32-13-8-12(18(26,27)28)30-15(31(13)4-2)29-11-7-9(16(20,21)22)6-10(14(11)19)17(23,24)25/h1,6-8H,4-5H2,2H3. The number of rotatable bonds is 4. The Morgan fingerprint density at radius 3 is 2.12 bits per heavy atom. The maximum atomic E-state index is 13.2. The van der Waals surface area contributed by atoms with Gasteiger partial charge in [0, 0.05) is 12.6 Å². The highest BCUT2D eigenvalue weighted by Crippen LogP contribution is 2.43. The number of ether oxygens (including phenoxy) is 1. The lowest BCUT2D eigenvalue weighted by molar-refractivity contribution is -0.143. The third-order valence-electron chi connectivity index (χ3n) is 3.80. The molecule has 0 N–H and O–H groups in total. The van der Waals surface area contributed by atoms with Crippen molar-refractivity contribution in [1.29, 1.82) is 0 Å². The van der Waals surface area contributed by atoms with Crippen LogP contribution in [0.5, 0.6) is 5.88 Å². The Morgan fingerprint density at radius 2 is 1.66 bits per heavy atom. The second-order valence-electron chi connectivity index (χ2n) is 5.98. The number of alkyl halides is 9. The van der Waals surface area contributed by atoms with Crippen LogP contribution < -0.4 is 10.4 Å². The van der Waals surface area contributed by atoms with Gasteiger partial charge in [-0.15, -0.1) is 6.42 Å². The monoisotopic (exact) mass is 491 g/mol. The van der Waals surface area contributed by atoms with E-state index in [0.29, 0.717) is 6.07 Å². The molecule has 0 atom stereocenters. The Labute approximate surface area is 179 Å². The van der Waals surface area contributed by atoms with Gasteiger partial charge in [-0.3, -0.25) is 4.57 Å². The molecular formula is C18H11ClF9N3O. The molecule has 0 spiro atoms. The molecule has 14 heteroatoms. The van der Waals surface area contributed by atoms with E-state index in [4.69, 9.17) is 22.8 Å². The highest BCUT2D eigenvalue weighted by atomic mass is 35.5. The number of benzene rings is 1. The molecule has 0 fully saturated rings. The van der Waals surface area contributed by atoms with Crippen LogP contribution in [0.15, 0.2) is 23.2 Å². The summed E-state index contributed by atoms with van der Waals surface area (Å²) < 4.78 is 125. The van der Waals surface area contributed by atoms with Crippen molar-refractivity contribution in [2.45, 2.75) is 32.0 Å². The van der Waals surface area contributed by atoms with Gasteiger partial charge < -0.3 is 4.74 Å². The zero-order valence-electron chi connectivity index (χ0n) is 15.8. The smallest absolute Gasteiger partial charge is 0.433 e. The number of terminal acetylenes is 1. The molecule has 2 aromatic rings. The molecule has 1 aromatic heterocycles. The molecule has 0 aliphatic carbocycles. The fourth-order valence-corrected chi connectivity index (χ4v) is 2.68. The minimum absolute atomic E-state index is 0.168. The lowest BCUT2D eigenvalue weighted by Crippen LogP contribution is -2.29. The third-order valence-corrected chi connectivity index (χ3v) is 4.20. The van der Waals surface area contributed by atoms with Crippen LogP contribution in [-0.2, 0) is 25.1 Å². The van der Waals surface area contributed by atoms with Crippen molar-refractivity contribution in [3.8, 4) is 18.2 Å². The number of nitrogens with zero attached hydrogens (tertiary/aromatic N) is 3. The van der Waals surface area contributed by atoms with Crippen molar-refractivity contribution < 1.29 is 44.3 Å². The van der Waals surface area contributed by atoms with E-state index >= 15 is 0 Å². The van der Waals surface area contributed by atoms with Crippen LogP contribution >= 0.6 is 11.6 Å². The average molecular weight is 492 g/mol. The van der Waals surface area contributed by atoms with Gasteiger partial charge in [-0.1, -0.05) is 17.5 Å². The highest BCUT2D eigenvalue weighted by molar-refractivity contribution is 6.33. The van der Waals surface area contributed by atoms with E-state index in [-0.39, 0.29) is 18.7 Å². The van der Waals surface area contributed by atoms with Gasteiger partial charge in [0.2, 0.25) is 5.62 Å². The van der Waals surface area contributed by atoms with Crippen molar-refractivity contribution in [3.05, 3.63) is 45.7 Å². The molecule has 32 heavy (non-hydrogen) atoms. The summed E-state index contributed by atoms with van der Waals surface area (Å²) in [5.74, 6) is 1.50. The Hall–Kier alpha value is -2.88. The van der Waals surface area contributed by atoms with Crippen LogP contribution in [0.3, 0.4) is 0 Å². The maximum absolute atomic E-state index is 13.2. The van der Waals surface area contributed by atoms with Gasteiger partial charge in [0.15, 0.2) is 11.6 Å². The third kappa shape index (κ3) is 5.67. The maximum Gasteiger partial charge on any atom is 0.433 e. The topological polar surface area (TPSA) is 39.4 Å². The van der Waals surface area contributed by atoms with Crippen LogP contribution in [-0.4, -0.2) is 16.2 Å². The SMILES string of the molecule is C#CCOc1cc(C(F)(F)F)nc(=Nc2cc(C(F)(F)F)cc(C(F)(F)F)c2Cl)n1CC. The fraction of sp³-hybridized carbons (Fsp3) is 0.333. The molecular weight excluding hydrogens is 481 g/mol. The molecule has 0 aliphatic heterocycles. The molecule has 0 radical (unpaired) electrons. The number of hydrogen-bond acceptors (Lipinski definition) is 3. The minimum atomic E-state index is -5.30. The predicted octanol–water partition coefficient (Wildman–Crippen LogP) is 5.86. The zero-order chi connectivity index (χ0) is 24.5. The van der Waals surface area contributed by atoms with Crippen molar-refractivity contribution in [2.24, 2.45) is 4.99 Å². The summed E-state index contributed by atoms with van der Waals surface area (Å²) in [6, 6.07) is 0.409. The van der Waals surface area contributed by atoms with Crippen molar-refractivity contribution in [1.82, 2.24) is 9.55 Å². The molecule has 0 bridgehead atoms. The normalized spacial score (nSPS) is 13.2. The van der Waals surface area contributed by atoms with E-state index in [2.05, 4.69) is 9.98 Å². The second kappa shape index (κ2) is 8.93. The first kappa shape index (κ1) is 25.4. The zero-order valence-corrected chi connectivity index (χ0v) is 16.5. The first-order valence-corrected chi connectivity index (χ1v) is 8.75. The first-order valence-electron chi connectivity index (χ1n) is 8.37. The molecule has 0 amide bonds. The van der Waals surface area contributed by atoms with E-state index < -0.39 is 64.2 Å². The fourth-order valence-electron chi connectivity index (χ4n) is 2.43. The molecule has 0 saturated heterocycles. The van der Waals surface area contributed by atoms with Gasteiger partial charge in [-0.2, -0.15) is 39.5 Å². The summed E-state index contributed by atoms with van der Waals surface area (Å²) in [6.07, 6.45) is -10.6. The lowest BCUT2D eigenvalue weighted by Gasteiger charge is -2.16. The minimum Gasteiger partial charge on any atom is -0.466 e. The van der Waals surface area contributed by atoms with Crippen molar-refractivity contribution >= 4 is 17.3 Å². The van der Waals surface area contributed by atoms with E-state index in [1.54, 1.807) is 0 Å². The Morgan fingerprint density at radius 1 is 1.03 bits per heavy atom. The predicted molar refractivity (Wildman–Crippen MR) is 93.9 cm³/mol. The summed E-state index contributed by atoms with van der Waals surface area (Å²) in [5, 5.41) is -1.25. The van der Waals surface area contributed by atoms with E-state index in [0.717, 1.165) is 4.57 Å². The summed E-state index contributed by atoms with van der Waals surface area (Å²) in [6.45, 7) is 0.738. The van der Waals surface area contributed by atoms with Gasteiger partial charge in [0.1, 0.15) is 6.61 Å². The van der Waals surface area contributed by atoms with Crippen molar-refractivity contribution in [2.75, 3.05) is 6.61 Å². The number of aromatic nitrogens is 2. The molecule has 0 saturated carbocycles. The number of halogens is 10. The second-order valence-corrected chi connectivity index (χ2v) is 6.36. The highest BCUT2D eigenvalue weighted by Gasteiger charge is 2.39. The molecule has 1 aromatic carbocycles. The quantitative estimate of drug-likeness (QED) is 0.397. The van der Waals surface area contributed by atoms with Crippen LogP contribution in [0.4, 0.5) is 45.2 Å². The Balaban J connectivity index is 2.94. The molecule has 174 valence electrons. The van der Waals surface area contributed by atoms with E-state index in [1.807, 2.05) is 5.92 Å². The Bertz CT molecular complexity index is 1110. The summed E-state index contributed by atoms with van der Waals surface area (Å²) in [7, 11) is 0.